The van der Waals surface area contributed by atoms with Crippen molar-refractivity contribution in [1.82, 2.24) is 19.0 Å². The van der Waals surface area contributed by atoms with E-state index < -0.39 is 68.7 Å². The van der Waals surface area contributed by atoms with Crippen molar-refractivity contribution in [2.45, 2.75) is 18.5 Å². The van der Waals surface area contributed by atoms with Gasteiger partial charge in [-0.1, -0.05) is 11.2 Å². The van der Waals surface area contributed by atoms with Crippen LogP contribution in [-0.4, -0.2) is 35.0 Å². The van der Waals surface area contributed by atoms with E-state index in [9.17, 15) is 35.2 Å². The molecule has 0 bridgehead atoms. The smallest absolute Gasteiger partial charge is 0.334 e. The van der Waals surface area contributed by atoms with E-state index in [1.165, 1.54) is 0 Å². The number of aromatic nitrogens is 3. The van der Waals surface area contributed by atoms with Crippen molar-refractivity contribution in [3.63, 3.8) is 0 Å². The Balaban J connectivity index is 1.72. The average Bonchev–Trinajstić information content (AvgIpc) is 3.34. The zero-order chi connectivity index (χ0) is 24.6. The highest BCUT2D eigenvalue weighted by Crippen LogP contribution is 2.40. The second kappa shape index (κ2) is 7.24. The monoisotopic (exact) mass is 500 g/mol. The molecule has 3 heterocycles. The van der Waals surface area contributed by atoms with Crippen LogP contribution in [0.4, 0.5) is 22.0 Å². The Hall–Kier alpha value is -3.52. The molecule has 0 radical (unpaired) electrons. The molecule has 8 nitrogen and oxygen atoms in total. The summed E-state index contributed by atoms with van der Waals surface area (Å²) in [7, 11) is -4.00. The lowest BCUT2D eigenvalue weighted by Gasteiger charge is -2.18. The highest BCUT2D eigenvalue weighted by atomic mass is 32.2. The Labute approximate surface area is 187 Å². The largest absolute Gasteiger partial charge is 0.354 e. The predicted molar refractivity (Wildman–Crippen MR) is 109 cm³/mol. The lowest BCUT2D eigenvalue weighted by atomic mass is 10.00. The van der Waals surface area contributed by atoms with Gasteiger partial charge in [-0.25, -0.2) is 35.7 Å². The van der Waals surface area contributed by atoms with Crippen molar-refractivity contribution in [3.8, 4) is 16.9 Å². The lowest BCUT2D eigenvalue weighted by molar-refractivity contribution is -0.0248. The van der Waals surface area contributed by atoms with Crippen LogP contribution in [0.1, 0.15) is 5.69 Å². The summed E-state index contributed by atoms with van der Waals surface area (Å²) in [6.07, 6.45) is 1.44. The van der Waals surface area contributed by atoms with Gasteiger partial charge < -0.3 is 4.52 Å². The molecule has 4 aromatic rings. The number of imidazole rings is 1. The highest BCUT2D eigenvalue weighted by molar-refractivity contribution is 7.88. The molecule has 0 spiro atoms. The number of halogens is 5. The molecule has 0 unspecified atom stereocenters. The van der Waals surface area contributed by atoms with Crippen LogP contribution < -0.4 is 10.4 Å². The minimum atomic E-state index is -4.00. The molecule has 1 atom stereocenters. The summed E-state index contributed by atoms with van der Waals surface area (Å²) in [4.78, 5) is 13.0. The molecule has 2 aromatic carbocycles. The van der Waals surface area contributed by atoms with E-state index in [0.717, 1.165) is 36.5 Å². The summed E-state index contributed by atoms with van der Waals surface area (Å²) < 4.78 is 104. The molecule has 0 fully saturated rings. The molecule has 5 rings (SSSR count). The van der Waals surface area contributed by atoms with E-state index >= 15 is 0 Å². The van der Waals surface area contributed by atoms with Crippen LogP contribution in [-0.2, 0) is 22.5 Å². The van der Waals surface area contributed by atoms with Crippen LogP contribution >= 0.6 is 0 Å². The van der Waals surface area contributed by atoms with Gasteiger partial charge in [0.2, 0.25) is 10.0 Å². The number of rotatable bonds is 4. The summed E-state index contributed by atoms with van der Waals surface area (Å²) in [5.41, 5.74) is -3.10. The van der Waals surface area contributed by atoms with E-state index in [2.05, 4.69) is 5.16 Å². The van der Waals surface area contributed by atoms with Crippen LogP contribution in [0.25, 0.3) is 27.9 Å². The molecule has 0 saturated heterocycles. The topological polar surface area (TPSA) is 99.1 Å². The lowest BCUT2D eigenvalue weighted by Crippen LogP contribution is -2.44. The van der Waals surface area contributed by atoms with Gasteiger partial charge in [0.05, 0.1) is 23.8 Å². The van der Waals surface area contributed by atoms with Crippen LogP contribution in [0.5, 0.6) is 0 Å². The van der Waals surface area contributed by atoms with E-state index in [0.29, 0.717) is 15.4 Å². The maximum absolute atomic E-state index is 14.9. The van der Waals surface area contributed by atoms with Crippen LogP contribution in [0, 0.1) is 17.5 Å². The fourth-order valence-electron chi connectivity index (χ4n) is 4.06. The Kier molecular flexibility index (Phi) is 4.74. The van der Waals surface area contributed by atoms with E-state index in [4.69, 9.17) is 4.52 Å². The fourth-order valence-corrected chi connectivity index (χ4v) is 4.80. The molecular weight excluding hydrogens is 487 g/mol. The summed E-state index contributed by atoms with van der Waals surface area (Å²) >= 11 is 0. The van der Waals surface area contributed by atoms with Gasteiger partial charge in [-0.2, -0.15) is 8.78 Å². The van der Waals surface area contributed by atoms with Crippen molar-refractivity contribution in [2.75, 3.05) is 6.26 Å². The maximum atomic E-state index is 14.9. The van der Waals surface area contributed by atoms with Gasteiger partial charge >= 0.3 is 11.6 Å². The highest BCUT2D eigenvalue weighted by Gasteiger charge is 2.52. The molecule has 0 amide bonds. The zero-order valence-electron chi connectivity index (χ0n) is 17.0. The van der Waals surface area contributed by atoms with Crippen LogP contribution in [0.3, 0.4) is 0 Å². The molecular formula is C20H13F5N4O4S. The first-order chi connectivity index (χ1) is 15.9. The van der Waals surface area contributed by atoms with E-state index in [1.54, 1.807) is 4.72 Å². The first-order valence-electron chi connectivity index (χ1n) is 9.60. The molecule has 2 aromatic heterocycles. The van der Waals surface area contributed by atoms with Gasteiger partial charge in [-0.3, -0.25) is 4.57 Å². The number of nitrogens with one attached hydrogen (secondary N) is 1. The van der Waals surface area contributed by atoms with Gasteiger partial charge in [0.25, 0.3) is 0 Å². The molecule has 34 heavy (non-hydrogen) atoms. The van der Waals surface area contributed by atoms with Gasteiger partial charge in [-0.05, 0) is 18.2 Å². The molecule has 1 aliphatic heterocycles. The molecule has 178 valence electrons. The third kappa shape index (κ3) is 3.32. The summed E-state index contributed by atoms with van der Waals surface area (Å²) in [5, 5.41) is 3.47. The van der Waals surface area contributed by atoms with Crippen LogP contribution in [0.15, 0.2) is 45.8 Å². The summed E-state index contributed by atoms with van der Waals surface area (Å²) in [6, 6.07) is 2.76. The SMILES string of the molecule is CS(=O)(=O)N[C@@H]1Cn2c(cn(-c3noc4cc(F)cc(-c5c(F)cccc5F)c34)c2=O)C1(F)F. The minimum absolute atomic E-state index is 0.189. The number of nitrogens with zero attached hydrogens (tertiary/aromatic N) is 3. The molecule has 0 aliphatic carbocycles. The summed E-state index contributed by atoms with van der Waals surface area (Å²) in [5.74, 6) is -7.15. The van der Waals surface area contributed by atoms with Gasteiger partial charge in [0, 0.05) is 17.8 Å². The number of hydrogen-bond acceptors (Lipinski definition) is 5. The van der Waals surface area contributed by atoms with E-state index in [1.807, 2.05) is 0 Å². The van der Waals surface area contributed by atoms with Gasteiger partial charge in [-0.15, -0.1) is 0 Å². The van der Waals surface area contributed by atoms with Gasteiger partial charge in [0.1, 0.15) is 29.2 Å². The quantitative estimate of drug-likeness (QED) is 0.435. The normalized spacial score (nSPS) is 17.4. The third-order valence-corrected chi connectivity index (χ3v) is 6.17. The maximum Gasteiger partial charge on any atom is 0.334 e. The predicted octanol–water partition coefficient (Wildman–Crippen LogP) is 2.89. The molecule has 14 heteroatoms. The van der Waals surface area contributed by atoms with Crippen molar-refractivity contribution in [1.29, 1.82) is 0 Å². The first-order valence-corrected chi connectivity index (χ1v) is 11.5. The number of benzene rings is 2. The van der Waals surface area contributed by atoms with Crippen molar-refractivity contribution in [2.24, 2.45) is 0 Å². The summed E-state index contributed by atoms with van der Waals surface area (Å²) in [6.45, 7) is -0.680. The average molecular weight is 500 g/mol. The minimum Gasteiger partial charge on any atom is -0.354 e. The number of fused-ring (bicyclic) bond motifs is 2. The first kappa shape index (κ1) is 22.3. The second-order valence-electron chi connectivity index (χ2n) is 7.77. The number of hydrogen-bond donors (Lipinski definition) is 1. The Morgan fingerprint density at radius 1 is 1.18 bits per heavy atom. The molecule has 0 saturated carbocycles. The van der Waals surface area contributed by atoms with Crippen molar-refractivity contribution < 1.29 is 34.9 Å². The third-order valence-electron chi connectivity index (χ3n) is 5.46. The van der Waals surface area contributed by atoms with Crippen molar-refractivity contribution >= 4 is 21.0 Å². The molecule has 1 N–H and O–H groups in total. The Bertz CT molecular complexity index is 1620. The zero-order valence-corrected chi connectivity index (χ0v) is 17.8. The number of alkyl halides is 2. The van der Waals surface area contributed by atoms with E-state index in [-0.39, 0.29) is 16.5 Å². The van der Waals surface area contributed by atoms with Crippen LogP contribution in [0.2, 0.25) is 0 Å². The molecule has 1 aliphatic rings. The number of sulfonamides is 1. The Morgan fingerprint density at radius 3 is 2.47 bits per heavy atom. The second-order valence-corrected chi connectivity index (χ2v) is 9.55. The van der Waals surface area contributed by atoms with Crippen molar-refractivity contribution in [3.05, 3.63) is 70.2 Å². The standard InChI is InChI=1S/C20H13F5N4O4S/c1-34(31,32)27-14-7-28-15(20(14,24)25)8-29(19(28)30)18-17-10(5-9(21)6-13(17)33-26-18)16-11(22)3-2-4-12(16)23/h2-6,8,14,27H,7H2,1H3/t14-/m1/s1. The fraction of sp³-hybridized carbons (Fsp3) is 0.200. The Morgan fingerprint density at radius 2 is 1.85 bits per heavy atom. The van der Waals surface area contributed by atoms with Gasteiger partial charge in [0.15, 0.2) is 11.4 Å².